The molecule has 0 aliphatic heterocycles. The van der Waals surface area contributed by atoms with E-state index in [1.807, 2.05) is 18.9 Å². The Morgan fingerprint density at radius 1 is 1.44 bits per heavy atom. The highest BCUT2D eigenvalue weighted by atomic mass is 16.5. The highest BCUT2D eigenvalue weighted by Gasteiger charge is 2.32. The molecule has 18 heavy (non-hydrogen) atoms. The van der Waals surface area contributed by atoms with Crippen LogP contribution in [0, 0.1) is 5.41 Å². The van der Waals surface area contributed by atoms with Gasteiger partial charge < -0.3 is 15.8 Å². The zero-order valence-corrected chi connectivity index (χ0v) is 12.6. The van der Waals surface area contributed by atoms with Gasteiger partial charge in [-0.3, -0.25) is 9.69 Å². The van der Waals surface area contributed by atoms with Crippen LogP contribution in [0.1, 0.15) is 27.7 Å². The third-order valence-corrected chi connectivity index (χ3v) is 2.88. The van der Waals surface area contributed by atoms with Crippen LogP contribution in [-0.4, -0.2) is 56.7 Å². The molecule has 0 heterocycles. The molecule has 3 N–H and O–H groups in total. The smallest absolute Gasteiger partial charge is 0.234 e. The molecule has 0 saturated carbocycles. The van der Waals surface area contributed by atoms with E-state index in [0.717, 1.165) is 0 Å². The van der Waals surface area contributed by atoms with Crippen molar-refractivity contribution in [1.82, 2.24) is 10.2 Å². The summed E-state index contributed by atoms with van der Waals surface area (Å²) in [5.74, 6) is 0.00412. The number of nitrogens with two attached hydrogens (primary N) is 1. The van der Waals surface area contributed by atoms with Gasteiger partial charge in [0.25, 0.3) is 0 Å². The average molecular weight is 259 g/mol. The average Bonchev–Trinajstić information content (AvgIpc) is 2.14. The number of nitrogens with one attached hydrogen (secondary N) is 1. The van der Waals surface area contributed by atoms with Crippen molar-refractivity contribution in [2.24, 2.45) is 11.1 Å². The number of methoxy groups -OCH3 is 1. The van der Waals surface area contributed by atoms with Crippen LogP contribution < -0.4 is 11.1 Å². The lowest BCUT2D eigenvalue weighted by Crippen LogP contribution is -2.54. The molecule has 0 saturated heterocycles. The molecule has 1 amide bonds. The molecule has 0 bridgehead atoms. The number of hydrogen-bond acceptors (Lipinski definition) is 4. The lowest BCUT2D eigenvalue weighted by atomic mass is 9.82. The van der Waals surface area contributed by atoms with Crippen LogP contribution in [0.5, 0.6) is 0 Å². The standard InChI is InChI=1S/C13H29N3O2/c1-10(14)12(13(2,3)4)16(5)9-11(17)15-7-8-18-6/h10,12H,7-9,14H2,1-6H3,(H,15,17). The zero-order valence-electron chi connectivity index (χ0n) is 12.6. The van der Waals surface area contributed by atoms with Gasteiger partial charge in [0.15, 0.2) is 0 Å². The van der Waals surface area contributed by atoms with Crippen molar-refractivity contribution in [3.05, 3.63) is 0 Å². The highest BCUT2D eigenvalue weighted by Crippen LogP contribution is 2.25. The fraction of sp³-hybridized carbons (Fsp3) is 0.923. The monoisotopic (exact) mass is 259 g/mol. The third kappa shape index (κ3) is 6.33. The van der Waals surface area contributed by atoms with Gasteiger partial charge in [-0.25, -0.2) is 0 Å². The molecular formula is C13H29N3O2. The minimum Gasteiger partial charge on any atom is -0.383 e. The molecule has 0 fully saturated rings. The molecule has 0 aliphatic carbocycles. The molecular weight excluding hydrogens is 230 g/mol. The van der Waals surface area contributed by atoms with E-state index in [1.54, 1.807) is 7.11 Å². The van der Waals surface area contributed by atoms with E-state index in [2.05, 4.69) is 26.1 Å². The number of carbonyl (C=O) groups excluding carboxylic acids is 1. The topological polar surface area (TPSA) is 67.6 Å². The van der Waals surface area contributed by atoms with E-state index < -0.39 is 0 Å². The Balaban J connectivity index is 4.35. The van der Waals surface area contributed by atoms with Crippen LogP contribution in [0.4, 0.5) is 0 Å². The fourth-order valence-corrected chi connectivity index (χ4v) is 2.52. The second-order valence-electron chi connectivity index (χ2n) is 5.93. The quantitative estimate of drug-likeness (QED) is 0.651. The number of ether oxygens (including phenoxy) is 1. The maximum absolute atomic E-state index is 11.7. The van der Waals surface area contributed by atoms with Gasteiger partial charge in [0.1, 0.15) is 0 Å². The first-order valence-electron chi connectivity index (χ1n) is 6.41. The van der Waals surface area contributed by atoms with Gasteiger partial charge in [-0.2, -0.15) is 0 Å². The van der Waals surface area contributed by atoms with Crippen LogP contribution in [0.25, 0.3) is 0 Å². The molecule has 0 rings (SSSR count). The number of nitrogens with zero attached hydrogens (tertiary/aromatic N) is 1. The van der Waals surface area contributed by atoms with Gasteiger partial charge in [0, 0.05) is 25.7 Å². The lowest BCUT2D eigenvalue weighted by Gasteiger charge is -2.40. The molecule has 5 nitrogen and oxygen atoms in total. The Morgan fingerprint density at radius 3 is 2.39 bits per heavy atom. The van der Waals surface area contributed by atoms with E-state index in [9.17, 15) is 4.79 Å². The molecule has 0 radical (unpaired) electrons. The number of amides is 1. The zero-order chi connectivity index (χ0) is 14.3. The first-order chi connectivity index (χ1) is 8.20. The van der Waals surface area contributed by atoms with Crippen molar-refractivity contribution in [3.63, 3.8) is 0 Å². The largest absolute Gasteiger partial charge is 0.383 e. The summed E-state index contributed by atoms with van der Waals surface area (Å²) >= 11 is 0. The van der Waals surface area contributed by atoms with E-state index in [-0.39, 0.29) is 23.4 Å². The number of likely N-dealkylation sites (N-methyl/N-ethyl adjacent to an activating group) is 1. The van der Waals surface area contributed by atoms with Crippen LogP contribution in [0.3, 0.4) is 0 Å². The second kappa shape index (κ2) is 7.71. The second-order valence-corrected chi connectivity index (χ2v) is 5.93. The first kappa shape index (κ1) is 17.4. The summed E-state index contributed by atoms with van der Waals surface area (Å²) < 4.78 is 4.89. The Morgan fingerprint density at radius 2 is 2.00 bits per heavy atom. The molecule has 108 valence electrons. The maximum atomic E-state index is 11.7. The van der Waals surface area contributed by atoms with Crippen LogP contribution in [0.2, 0.25) is 0 Å². The van der Waals surface area contributed by atoms with E-state index in [4.69, 9.17) is 10.5 Å². The highest BCUT2D eigenvalue weighted by molar-refractivity contribution is 5.78. The Hall–Kier alpha value is -0.650. The summed E-state index contributed by atoms with van der Waals surface area (Å²) in [6, 6.07) is 0.174. The predicted octanol–water partition coefficient (Wildman–Crippen LogP) is 0.443. The van der Waals surface area contributed by atoms with Gasteiger partial charge in [0.05, 0.1) is 13.2 Å². The summed E-state index contributed by atoms with van der Waals surface area (Å²) in [6.45, 7) is 9.83. The van der Waals surface area contributed by atoms with Gasteiger partial charge in [0.2, 0.25) is 5.91 Å². The van der Waals surface area contributed by atoms with Crippen LogP contribution >= 0.6 is 0 Å². The normalized spacial score (nSPS) is 15.6. The number of rotatable bonds is 7. The van der Waals surface area contributed by atoms with Crippen molar-refractivity contribution in [3.8, 4) is 0 Å². The molecule has 5 heteroatoms. The fourth-order valence-electron chi connectivity index (χ4n) is 2.52. The predicted molar refractivity (Wildman–Crippen MR) is 74.4 cm³/mol. The first-order valence-corrected chi connectivity index (χ1v) is 6.41. The molecule has 0 aromatic carbocycles. The Labute approximate surface area is 111 Å². The lowest BCUT2D eigenvalue weighted by molar-refractivity contribution is -0.123. The van der Waals surface area contributed by atoms with Crippen molar-refractivity contribution in [2.45, 2.75) is 39.8 Å². The minimum absolute atomic E-state index is 0.00412. The molecule has 2 atom stereocenters. The van der Waals surface area contributed by atoms with Gasteiger partial charge in [-0.1, -0.05) is 20.8 Å². The van der Waals surface area contributed by atoms with Gasteiger partial charge in [-0.15, -0.1) is 0 Å². The minimum atomic E-state index is 0.00412. The van der Waals surface area contributed by atoms with Crippen molar-refractivity contribution in [1.29, 1.82) is 0 Å². The molecule has 0 aromatic heterocycles. The molecule has 0 spiro atoms. The Kier molecular flexibility index (Phi) is 7.43. The van der Waals surface area contributed by atoms with Gasteiger partial charge in [-0.05, 0) is 19.4 Å². The maximum Gasteiger partial charge on any atom is 0.234 e. The summed E-state index contributed by atoms with van der Waals surface area (Å²) in [6.07, 6.45) is 0. The summed E-state index contributed by atoms with van der Waals surface area (Å²) in [5.41, 5.74) is 6.07. The molecule has 0 aliphatic rings. The number of hydrogen-bond donors (Lipinski definition) is 2. The summed E-state index contributed by atoms with van der Waals surface area (Å²) in [5, 5.41) is 2.81. The summed E-state index contributed by atoms with van der Waals surface area (Å²) in [7, 11) is 3.55. The van der Waals surface area contributed by atoms with Crippen LogP contribution in [0.15, 0.2) is 0 Å². The SMILES string of the molecule is COCCNC(=O)CN(C)C(C(C)N)C(C)(C)C. The molecule has 0 aromatic rings. The number of carbonyl (C=O) groups is 1. The summed E-state index contributed by atoms with van der Waals surface area (Å²) in [4.78, 5) is 13.8. The van der Waals surface area contributed by atoms with Crippen molar-refractivity contribution >= 4 is 5.91 Å². The van der Waals surface area contributed by atoms with Crippen molar-refractivity contribution in [2.75, 3.05) is 33.9 Å². The van der Waals surface area contributed by atoms with Gasteiger partial charge >= 0.3 is 0 Å². The van der Waals surface area contributed by atoms with E-state index in [0.29, 0.717) is 19.7 Å². The third-order valence-electron chi connectivity index (χ3n) is 2.88. The van der Waals surface area contributed by atoms with E-state index >= 15 is 0 Å². The molecule has 2 unspecified atom stereocenters. The Bertz CT molecular complexity index is 249. The van der Waals surface area contributed by atoms with Crippen molar-refractivity contribution < 1.29 is 9.53 Å². The van der Waals surface area contributed by atoms with Crippen LogP contribution in [-0.2, 0) is 9.53 Å². The van der Waals surface area contributed by atoms with E-state index in [1.165, 1.54) is 0 Å².